The standard InChI is InChI=1S/C20H21N5O2/c1-24-16-12-25(17(26)10-7-13-5-3-2-4-6-13)11-15(16)18(22-24)20-21-19(23-27-20)14-8-9-14/h2-6,14H,7-12H2,1H3. The number of benzene rings is 1. The molecule has 1 saturated carbocycles. The summed E-state index contributed by atoms with van der Waals surface area (Å²) in [6.07, 6.45) is 3.52. The van der Waals surface area contributed by atoms with Crippen LogP contribution in [0.25, 0.3) is 11.6 Å². The van der Waals surface area contributed by atoms with Crippen molar-refractivity contribution in [2.75, 3.05) is 0 Å². The van der Waals surface area contributed by atoms with E-state index in [9.17, 15) is 4.79 Å². The highest BCUT2D eigenvalue weighted by molar-refractivity contribution is 5.77. The first-order chi connectivity index (χ1) is 13.2. The Morgan fingerprint density at radius 3 is 2.81 bits per heavy atom. The molecule has 0 unspecified atom stereocenters. The van der Waals surface area contributed by atoms with Crippen LogP contribution >= 0.6 is 0 Å². The molecule has 1 fully saturated rings. The Morgan fingerprint density at radius 1 is 1.22 bits per heavy atom. The Morgan fingerprint density at radius 2 is 2.04 bits per heavy atom. The van der Waals surface area contributed by atoms with Crippen LogP contribution in [0.5, 0.6) is 0 Å². The molecule has 2 aliphatic rings. The van der Waals surface area contributed by atoms with Crippen molar-refractivity contribution < 1.29 is 9.32 Å². The number of aryl methyl sites for hydroxylation is 2. The highest BCUT2D eigenvalue weighted by Crippen LogP contribution is 2.39. The lowest BCUT2D eigenvalue weighted by atomic mass is 10.1. The fourth-order valence-corrected chi connectivity index (χ4v) is 3.63. The third kappa shape index (κ3) is 3.03. The predicted octanol–water partition coefficient (Wildman–Crippen LogP) is 2.82. The minimum atomic E-state index is 0.158. The van der Waals surface area contributed by atoms with Gasteiger partial charge in [-0.1, -0.05) is 35.5 Å². The molecule has 0 bridgehead atoms. The van der Waals surface area contributed by atoms with Crippen LogP contribution in [0.2, 0.25) is 0 Å². The zero-order chi connectivity index (χ0) is 18.4. The van der Waals surface area contributed by atoms with E-state index in [4.69, 9.17) is 4.52 Å². The van der Waals surface area contributed by atoms with Crippen molar-refractivity contribution in [2.45, 2.75) is 44.7 Å². The normalized spacial score (nSPS) is 16.0. The van der Waals surface area contributed by atoms with Crippen LogP contribution in [-0.4, -0.2) is 30.7 Å². The van der Waals surface area contributed by atoms with E-state index >= 15 is 0 Å². The minimum Gasteiger partial charge on any atom is -0.332 e. The van der Waals surface area contributed by atoms with Gasteiger partial charge in [0.2, 0.25) is 5.91 Å². The number of carbonyl (C=O) groups is 1. The van der Waals surface area contributed by atoms with Gasteiger partial charge in [0, 0.05) is 24.9 Å². The zero-order valence-corrected chi connectivity index (χ0v) is 15.3. The van der Waals surface area contributed by atoms with Gasteiger partial charge in [0.05, 0.1) is 18.8 Å². The number of carbonyl (C=O) groups excluding carboxylic acids is 1. The first-order valence-electron chi connectivity index (χ1n) is 9.39. The van der Waals surface area contributed by atoms with Crippen LogP contribution in [0.15, 0.2) is 34.9 Å². The van der Waals surface area contributed by atoms with Crippen molar-refractivity contribution in [3.05, 3.63) is 53.0 Å². The molecule has 2 aromatic heterocycles. The van der Waals surface area contributed by atoms with E-state index in [-0.39, 0.29) is 5.91 Å². The van der Waals surface area contributed by atoms with E-state index in [0.717, 1.165) is 36.3 Å². The molecule has 1 amide bonds. The Balaban J connectivity index is 1.31. The van der Waals surface area contributed by atoms with Gasteiger partial charge in [-0.2, -0.15) is 10.1 Å². The van der Waals surface area contributed by atoms with Crippen LogP contribution in [0, 0.1) is 0 Å². The molecule has 0 spiro atoms. The fourth-order valence-electron chi connectivity index (χ4n) is 3.63. The molecular weight excluding hydrogens is 342 g/mol. The molecule has 138 valence electrons. The number of hydrogen-bond acceptors (Lipinski definition) is 5. The molecule has 1 aliphatic heterocycles. The summed E-state index contributed by atoms with van der Waals surface area (Å²) in [6.45, 7) is 1.13. The summed E-state index contributed by atoms with van der Waals surface area (Å²) in [6, 6.07) is 10.1. The van der Waals surface area contributed by atoms with Gasteiger partial charge in [-0.05, 0) is 24.8 Å². The summed E-state index contributed by atoms with van der Waals surface area (Å²) in [4.78, 5) is 19.1. The maximum absolute atomic E-state index is 12.7. The topological polar surface area (TPSA) is 77.1 Å². The minimum absolute atomic E-state index is 0.158. The van der Waals surface area contributed by atoms with E-state index in [1.165, 1.54) is 5.56 Å². The van der Waals surface area contributed by atoms with Gasteiger partial charge in [0.15, 0.2) is 11.5 Å². The maximum atomic E-state index is 12.7. The number of nitrogens with zero attached hydrogens (tertiary/aromatic N) is 5. The lowest BCUT2D eigenvalue weighted by Crippen LogP contribution is -2.26. The molecule has 1 aliphatic carbocycles. The molecule has 0 saturated heterocycles. The molecule has 3 heterocycles. The smallest absolute Gasteiger partial charge is 0.278 e. The second-order valence-corrected chi connectivity index (χ2v) is 7.36. The highest BCUT2D eigenvalue weighted by Gasteiger charge is 2.34. The third-order valence-corrected chi connectivity index (χ3v) is 5.37. The van der Waals surface area contributed by atoms with Crippen LogP contribution < -0.4 is 0 Å². The molecule has 0 atom stereocenters. The average molecular weight is 363 g/mol. The molecule has 27 heavy (non-hydrogen) atoms. The van der Waals surface area contributed by atoms with Gasteiger partial charge < -0.3 is 9.42 Å². The van der Waals surface area contributed by atoms with Gasteiger partial charge in [0.25, 0.3) is 5.89 Å². The molecule has 3 aromatic rings. The predicted molar refractivity (Wildman–Crippen MR) is 97.5 cm³/mol. The Labute approximate surface area is 157 Å². The molecule has 0 radical (unpaired) electrons. The lowest BCUT2D eigenvalue weighted by Gasteiger charge is -2.16. The largest absolute Gasteiger partial charge is 0.332 e. The first-order valence-corrected chi connectivity index (χ1v) is 9.39. The van der Waals surface area contributed by atoms with Crippen molar-refractivity contribution in [1.82, 2.24) is 24.8 Å². The Kier molecular flexibility index (Phi) is 3.81. The van der Waals surface area contributed by atoms with Crippen molar-refractivity contribution in [2.24, 2.45) is 7.05 Å². The molecule has 1 aromatic carbocycles. The summed E-state index contributed by atoms with van der Waals surface area (Å²) >= 11 is 0. The Hall–Kier alpha value is -2.96. The van der Waals surface area contributed by atoms with Crippen LogP contribution in [-0.2, 0) is 31.4 Å². The second-order valence-electron chi connectivity index (χ2n) is 7.36. The molecule has 7 heteroatoms. The fraction of sp³-hybridized carbons (Fsp3) is 0.400. The zero-order valence-electron chi connectivity index (χ0n) is 15.3. The van der Waals surface area contributed by atoms with Gasteiger partial charge >= 0.3 is 0 Å². The quantitative estimate of drug-likeness (QED) is 0.697. The maximum Gasteiger partial charge on any atom is 0.278 e. The second kappa shape index (κ2) is 6.33. The van der Waals surface area contributed by atoms with E-state index < -0.39 is 0 Å². The number of aromatic nitrogens is 4. The number of fused-ring (bicyclic) bond motifs is 1. The molecule has 7 nitrogen and oxygen atoms in total. The highest BCUT2D eigenvalue weighted by atomic mass is 16.5. The number of rotatable bonds is 5. The summed E-state index contributed by atoms with van der Waals surface area (Å²) in [7, 11) is 1.90. The van der Waals surface area contributed by atoms with Crippen molar-refractivity contribution in [3.8, 4) is 11.6 Å². The van der Waals surface area contributed by atoms with Crippen molar-refractivity contribution in [3.63, 3.8) is 0 Å². The summed E-state index contributed by atoms with van der Waals surface area (Å²) in [5.41, 5.74) is 3.97. The Bertz CT molecular complexity index is 987. The van der Waals surface area contributed by atoms with Crippen molar-refractivity contribution in [1.29, 1.82) is 0 Å². The van der Waals surface area contributed by atoms with E-state index in [1.54, 1.807) is 0 Å². The van der Waals surface area contributed by atoms with E-state index in [0.29, 0.717) is 37.0 Å². The van der Waals surface area contributed by atoms with Gasteiger partial charge in [0.1, 0.15) is 0 Å². The van der Waals surface area contributed by atoms with E-state index in [2.05, 4.69) is 27.4 Å². The summed E-state index contributed by atoms with van der Waals surface area (Å²) in [5, 5.41) is 8.66. The van der Waals surface area contributed by atoms with Crippen molar-refractivity contribution >= 4 is 5.91 Å². The van der Waals surface area contributed by atoms with Gasteiger partial charge in [-0.3, -0.25) is 9.48 Å². The average Bonchev–Trinajstić information content (AvgIpc) is 3.14. The lowest BCUT2D eigenvalue weighted by molar-refractivity contribution is -0.131. The van der Waals surface area contributed by atoms with Gasteiger partial charge in [-0.15, -0.1) is 0 Å². The monoisotopic (exact) mass is 363 g/mol. The van der Waals surface area contributed by atoms with E-state index in [1.807, 2.05) is 34.8 Å². The summed E-state index contributed by atoms with van der Waals surface area (Å²) in [5.74, 6) is 1.84. The van der Waals surface area contributed by atoms with Gasteiger partial charge in [-0.25, -0.2) is 0 Å². The summed E-state index contributed by atoms with van der Waals surface area (Å²) < 4.78 is 7.28. The number of amides is 1. The third-order valence-electron chi connectivity index (χ3n) is 5.37. The molecule has 0 N–H and O–H groups in total. The number of hydrogen-bond donors (Lipinski definition) is 0. The molecular formula is C20H21N5O2. The van der Waals surface area contributed by atoms with Crippen LogP contribution in [0.3, 0.4) is 0 Å². The van der Waals surface area contributed by atoms with Crippen LogP contribution in [0.1, 0.15) is 47.8 Å². The molecule has 5 rings (SSSR count). The first kappa shape index (κ1) is 16.2. The SMILES string of the molecule is Cn1nc(-c2nc(C3CC3)no2)c2c1CN(C(=O)CCc1ccccc1)C2. The van der Waals surface area contributed by atoms with Crippen LogP contribution in [0.4, 0.5) is 0 Å².